The van der Waals surface area contributed by atoms with Crippen LogP contribution < -0.4 is 0 Å². The summed E-state index contributed by atoms with van der Waals surface area (Å²) < 4.78 is 16.8. The van der Waals surface area contributed by atoms with Crippen LogP contribution in [0.15, 0.2) is 85.1 Å². The quantitative estimate of drug-likeness (QED) is 0.0262. The van der Waals surface area contributed by atoms with Gasteiger partial charge >= 0.3 is 17.9 Å². The lowest BCUT2D eigenvalue weighted by Crippen LogP contribution is -2.30. The molecule has 1 atom stereocenters. The van der Waals surface area contributed by atoms with E-state index in [1.54, 1.807) is 0 Å². The monoisotopic (exact) mass is 933 g/mol. The highest BCUT2D eigenvalue weighted by atomic mass is 16.6. The number of rotatable bonds is 50. The van der Waals surface area contributed by atoms with E-state index in [1.807, 2.05) is 0 Å². The van der Waals surface area contributed by atoms with Crippen LogP contribution >= 0.6 is 0 Å². The zero-order valence-electron chi connectivity index (χ0n) is 43.9. The van der Waals surface area contributed by atoms with E-state index in [9.17, 15) is 14.4 Å². The third-order valence-corrected chi connectivity index (χ3v) is 11.8. The first-order valence-electron chi connectivity index (χ1n) is 28.1. The zero-order valence-corrected chi connectivity index (χ0v) is 43.9. The standard InChI is InChI=1S/C61H104O6/c1-4-7-10-13-16-19-22-25-28-30-33-36-39-42-45-48-51-54-60(63)66-57-58(56-65-59(62)53-50-47-44-41-38-35-32-27-24-21-18-15-12-9-6-3)67-61(64)55-52-49-46-43-40-37-34-31-29-26-23-20-17-14-11-8-5-2/h16-17,19-21,24-26,28-29,33,36,42,45,58H,4-15,18,22-23,27,30-32,34-35,37-41,43-44,46-57H2,1-3H3/b19-16-,20-17-,24-21-,28-25-,29-26-,36-33-,45-42-. The maximum absolute atomic E-state index is 12.8. The van der Waals surface area contributed by atoms with Crippen LogP contribution in [0.2, 0.25) is 0 Å². The van der Waals surface area contributed by atoms with Gasteiger partial charge in [0, 0.05) is 19.3 Å². The van der Waals surface area contributed by atoms with Crippen LogP contribution in [0.3, 0.4) is 0 Å². The molecule has 0 aromatic heterocycles. The summed E-state index contributed by atoms with van der Waals surface area (Å²) >= 11 is 0. The van der Waals surface area contributed by atoms with Gasteiger partial charge in [-0.25, -0.2) is 0 Å². The van der Waals surface area contributed by atoms with Crippen molar-refractivity contribution in [3.63, 3.8) is 0 Å². The molecule has 0 aliphatic rings. The van der Waals surface area contributed by atoms with Gasteiger partial charge in [0.15, 0.2) is 6.10 Å². The Morgan fingerprint density at radius 2 is 0.552 bits per heavy atom. The molecule has 0 aromatic rings. The van der Waals surface area contributed by atoms with Gasteiger partial charge in [0.05, 0.1) is 0 Å². The molecule has 6 heteroatoms. The highest BCUT2D eigenvalue weighted by Gasteiger charge is 2.19. The van der Waals surface area contributed by atoms with Gasteiger partial charge in [-0.3, -0.25) is 14.4 Å². The molecule has 6 nitrogen and oxygen atoms in total. The summed E-state index contributed by atoms with van der Waals surface area (Å²) in [5.41, 5.74) is 0. The van der Waals surface area contributed by atoms with Crippen molar-refractivity contribution in [3.05, 3.63) is 85.1 Å². The van der Waals surface area contributed by atoms with Crippen LogP contribution in [-0.4, -0.2) is 37.2 Å². The first-order chi connectivity index (χ1) is 33.0. The number of ether oxygens (including phenoxy) is 3. The van der Waals surface area contributed by atoms with Crippen molar-refractivity contribution >= 4 is 17.9 Å². The Morgan fingerprint density at radius 3 is 0.940 bits per heavy atom. The van der Waals surface area contributed by atoms with Crippen LogP contribution in [0.25, 0.3) is 0 Å². The molecule has 0 bridgehead atoms. The third kappa shape index (κ3) is 53.4. The molecule has 0 radical (unpaired) electrons. The molecule has 0 heterocycles. The van der Waals surface area contributed by atoms with Gasteiger partial charge in [-0.05, 0) is 116 Å². The summed E-state index contributed by atoms with van der Waals surface area (Å²) in [5.74, 6) is -0.966. The molecular weight excluding hydrogens is 829 g/mol. The largest absolute Gasteiger partial charge is 0.462 e. The summed E-state index contributed by atoms with van der Waals surface area (Å²) in [7, 11) is 0. The molecule has 0 spiro atoms. The van der Waals surface area contributed by atoms with Crippen LogP contribution in [-0.2, 0) is 28.6 Å². The molecule has 0 amide bonds. The second-order valence-electron chi connectivity index (χ2n) is 18.5. The number of unbranched alkanes of at least 4 members (excludes halogenated alkanes) is 25. The van der Waals surface area contributed by atoms with Crippen molar-refractivity contribution < 1.29 is 28.6 Å². The minimum Gasteiger partial charge on any atom is -0.462 e. The molecule has 384 valence electrons. The van der Waals surface area contributed by atoms with Gasteiger partial charge in [0.25, 0.3) is 0 Å². The second kappa shape index (κ2) is 55.2. The minimum absolute atomic E-state index is 0.0990. The van der Waals surface area contributed by atoms with E-state index in [0.29, 0.717) is 19.3 Å². The predicted molar refractivity (Wildman–Crippen MR) is 288 cm³/mol. The van der Waals surface area contributed by atoms with E-state index < -0.39 is 6.10 Å². The van der Waals surface area contributed by atoms with E-state index >= 15 is 0 Å². The molecule has 0 saturated carbocycles. The first-order valence-corrected chi connectivity index (χ1v) is 28.1. The summed E-state index contributed by atoms with van der Waals surface area (Å²) in [6.45, 7) is 6.52. The Morgan fingerprint density at radius 1 is 0.299 bits per heavy atom. The summed E-state index contributed by atoms with van der Waals surface area (Å²) in [6.07, 6.45) is 71.4. The minimum atomic E-state index is -0.805. The number of hydrogen-bond acceptors (Lipinski definition) is 6. The van der Waals surface area contributed by atoms with Crippen molar-refractivity contribution in [2.75, 3.05) is 13.2 Å². The zero-order chi connectivity index (χ0) is 48.6. The van der Waals surface area contributed by atoms with Crippen LogP contribution in [0, 0.1) is 0 Å². The van der Waals surface area contributed by atoms with E-state index in [0.717, 1.165) is 77.0 Å². The SMILES string of the molecule is CCCCC/C=C\C/C=C\C/C=C\C/C=C\CCCC(=O)OCC(COC(=O)CCCCCCCCC/C=C\CCCCCC)OC(=O)CCCCCCCCC/C=C\C/C=C\CCCCC. The van der Waals surface area contributed by atoms with Crippen molar-refractivity contribution in [2.24, 2.45) is 0 Å². The smallest absolute Gasteiger partial charge is 0.306 e. The summed E-state index contributed by atoms with van der Waals surface area (Å²) in [6, 6.07) is 0. The van der Waals surface area contributed by atoms with Crippen molar-refractivity contribution in [1.82, 2.24) is 0 Å². The Hall–Kier alpha value is -3.41. The molecule has 0 aromatic carbocycles. The van der Waals surface area contributed by atoms with Gasteiger partial charge < -0.3 is 14.2 Å². The Kier molecular flexibility index (Phi) is 52.4. The predicted octanol–water partition coefficient (Wildman–Crippen LogP) is 18.8. The summed E-state index contributed by atoms with van der Waals surface area (Å²) in [5, 5.41) is 0. The fourth-order valence-corrected chi connectivity index (χ4v) is 7.58. The molecular formula is C61H104O6. The van der Waals surface area contributed by atoms with Crippen molar-refractivity contribution in [3.8, 4) is 0 Å². The van der Waals surface area contributed by atoms with Crippen LogP contribution in [0.4, 0.5) is 0 Å². The van der Waals surface area contributed by atoms with Gasteiger partial charge in [-0.15, -0.1) is 0 Å². The van der Waals surface area contributed by atoms with Crippen molar-refractivity contribution in [2.45, 2.75) is 271 Å². The number of carbonyl (C=O) groups excluding carboxylic acids is 3. The highest BCUT2D eigenvalue weighted by molar-refractivity contribution is 5.71. The Balaban J connectivity index is 4.49. The number of allylic oxidation sites excluding steroid dienone is 14. The average Bonchev–Trinajstić information content (AvgIpc) is 3.33. The lowest BCUT2D eigenvalue weighted by atomic mass is 10.1. The summed E-state index contributed by atoms with van der Waals surface area (Å²) in [4.78, 5) is 38.1. The topological polar surface area (TPSA) is 78.9 Å². The molecule has 0 saturated heterocycles. The van der Waals surface area contributed by atoms with Crippen molar-refractivity contribution in [1.29, 1.82) is 0 Å². The van der Waals surface area contributed by atoms with Crippen LogP contribution in [0.5, 0.6) is 0 Å². The van der Waals surface area contributed by atoms with Crippen LogP contribution in [0.1, 0.15) is 265 Å². The maximum atomic E-state index is 12.8. The molecule has 0 N–H and O–H groups in total. The second-order valence-corrected chi connectivity index (χ2v) is 18.5. The van der Waals surface area contributed by atoms with Gasteiger partial charge in [-0.1, -0.05) is 215 Å². The molecule has 0 rings (SSSR count). The number of carbonyl (C=O) groups is 3. The average molecular weight is 933 g/mol. The molecule has 0 aliphatic heterocycles. The maximum Gasteiger partial charge on any atom is 0.306 e. The van der Waals surface area contributed by atoms with E-state index in [2.05, 4.69) is 106 Å². The van der Waals surface area contributed by atoms with E-state index in [4.69, 9.17) is 14.2 Å². The first kappa shape index (κ1) is 63.6. The van der Waals surface area contributed by atoms with E-state index in [1.165, 1.54) is 141 Å². The molecule has 67 heavy (non-hydrogen) atoms. The normalized spacial score (nSPS) is 12.7. The number of hydrogen-bond donors (Lipinski definition) is 0. The van der Waals surface area contributed by atoms with Gasteiger partial charge in [0.2, 0.25) is 0 Å². The fourth-order valence-electron chi connectivity index (χ4n) is 7.58. The van der Waals surface area contributed by atoms with Gasteiger partial charge in [-0.2, -0.15) is 0 Å². The van der Waals surface area contributed by atoms with E-state index in [-0.39, 0.29) is 37.5 Å². The molecule has 0 aliphatic carbocycles. The highest BCUT2D eigenvalue weighted by Crippen LogP contribution is 2.14. The lowest BCUT2D eigenvalue weighted by Gasteiger charge is -2.18. The molecule has 0 fully saturated rings. The van der Waals surface area contributed by atoms with Gasteiger partial charge in [0.1, 0.15) is 13.2 Å². The number of esters is 3. The fraction of sp³-hybridized carbons (Fsp3) is 0.721. The molecule has 1 unspecified atom stereocenters. The third-order valence-electron chi connectivity index (χ3n) is 11.8. The Labute approximate surface area is 414 Å². The lowest BCUT2D eigenvalue weighted by molar-refractivity contribution is -0.167. The Bertz CT molecular complexity index is 1300.